The van der Waals surface area contributed by atoms with E-state index in [1.807, 2.05) is 0 Å². The molecule has 0 unspecified atom stereocenters. The second kappa shape index (κ2) is 4.19. The lowest BCUT2D eigenvalue weighted by Gasteiger charge is -2.10. The molecule has 0 fully saturated rings. The van der Waals surface area contributed by atoms with Gasteiger partial charge in [0.25, 0.3) is 5.91 Å². The molecule has 0 saturated heterocycles. The number of aliphatic hydroxyl groups is 1. The topological polar surface area (TPSA) is 49.3 Å². The molecule has 76 valence electrons. The first kappa shape index (κ1) is 10.7. The summed E-state index contributed by atoms with van der Waals surface area (Å²) < 4.78 is 12.8. The number of hydrogen-bond acceptors (Lipinski definition) is 2. The third kappa shape index (κ3) is 2.09. The molecule has 0 aromatic heterocycles. The van der Waals surface area contributed by atoms with Gasteiger partial charge in [0.2, 0.25) is 0 Å². The van der Waals surface area contributed by atoms with Crippen LogP contribution in [-0.2, 0) is 0 Å². The maximum Gasteiger partial charge on any atom is 0.251 e. The van der Waals surface area contributed by atoms with Crippen LogP contribution in [0.25, 0.3) is 0 Å². The highest BCUT2D eigenvalue weighted by Gasteiger charge is 2.14. The van der Waals surface area contributed by atoms with Crippen LogP contribution < -0.4 is 5.32 Å². The number of rotatable bonds is 2. The SMILES string of the molecule is CNC(=O)c1ccc(F)cc1[C@@H](C)O. The van der Waals surface area contributed by atoms with E-state index in [0.29, 0.717) is 11.1 Å². The van der Waals surface area contributed by atoms with Crippen LogP contribution in [0.5, 0.6) is 0 Å². The molecular formula is C10H12FNO2. The van der Waals surface area contributed by atoms with Crippen LogP contribution in [0.2, 0.25) is 0 Å². The van der Waals surface area contributed by atoms with Gasteiger partial charge in [0, 0.05) is 12.6 Å². The lowest BCUT2D eigenvalue weighted by atomic mass is 10.0. The Labute approximate surface area is 81.6 Å². The molecule has 1 rings (SSSR count). The van der Waals surface area contributed by atoms with Gasteiger partial charge in [0.15, 0.2) is 0 Å². The largest absolute Gasteiger partial charge is 0.389 e. The van der Waals surface area contributed by atoms with E-state index in [1.54, 1.807) is 0 Å². The summed E-state index contributed by atoms with van der Waals surface area (Å²) in [4.78, 5) is 11.3. The fraction of sp³-hybridized carbons (Fsp3) is 0.300. The molecule has 1 atom stereocenters. The van der Waals surface area contributed by atoms with E-state index in [2.05, 4.69) is 5.32 Å². The summed E-state index contributed by atoms with van der Waals surface area (Å²) in [6, 6.07) is 3.71. The summed E-state index contributed by atoms with van der Waals surface area (Å²) in [6.45, 7) is 1.49. The van der Waals surface area contributed by atoms with Crippen LogP contribution in [0, 0.1) is 5.82 Å². The van der Waals surface area contributed by atoms with Gasteiger partial charge in [0.1, 0.15) is 5.82 Å². The normalized spacial score (nSPS) is 12.3. The number of nitrogens with one attached hydrogen (secondary N) is 1. The minimum atomic E-state index is -0.863. The van der Waals surface area contributed by atoms with E-state index in [4.69, 9.17) is 0 Å². The van der Waals surface area contributed by atoms with Crippen LogP contribution in [0.3, 0.4) is 0 Å². The zero-order valence-corrected chi connectivity index (χ0v) is 8.04. The standard InChI is InChI=1S/C10H12FNO2/c1-6(13)9-5-7(11)3-4-8(9)10(14)12-2/h3-6,13H,1-2H3,(H,12,14)/t6-/m1/s1. The molecule has 0 heterocycles. The van der Waals surface area contributed by atoms with E-state index in [-0.39, 0.29) is 5.91 Å². The van der Waals surface area contributed by atoms with Crippen molar-refractivity contribution < 1.29 is 14.3 Å². The predicted octanol–water partition coefficient (Wildman–Crippen LogP) is 1.24. The lowest BCUT2D eigenvalue weighted by molar-refractivity contribution is 0.0956. The first-order valence-corrected chi connectivity index (χ1v) is 4.26. The lowest BCUT2D eigenvalue weighted by Crippen LogP contribution is -2.20. The minimum Gasteiger partial charge on any atom is -0.389 e. The van der Waals surface area contributed by atoms with Crippen LogP contribution in [0.1, 0.15) is 28.9 Å². The number of aliphatic hydroxyl groups excluding tert-OH is 1. The molecule has 0 aliphatic heterocycles. The highest BCUT2D eigenvalue weighted by Crippen LogP contribution is 2.18. The predicted molar refractivity (Wildman–Crippen MR) is 50.4 cm³/mol. The summed E-state index contributed by atoms with van der Waals surface area (Å²) in [6.07, 6.45) is -0.863. The van der Waals surface area contributed by atoms with Crippen molar-refractivity contribution in [3.63, 3.8) is 0 Å². The molecule has 3 nitrogen and oxygen atoms in total. The molecule has 0 bridgehead atoms. The number of carbonyl (C=O) groups excluding carboxylic acids is 1. The Kier molecular flexibility index (Phi) is 3.19. The smallest absolute Gasteiger partial charge is 0.251 e. The fourth-order valence-corrected chi connectivity index (χ4v) is 1.22. The molecule has 4 heteroatoms. The van der Waals surface area contributed by atoms with Crippen molar-refractivity contribution in [1.82, 2.24) is 5.32 Å². The van der Waals surface area contributed by atoms with Crippen LogP contribution in [0.4, 0.5) is 4.39 Å². The van der Waals surface area contributed by atoms with Gasteiger partial charge in [-0.2, -0.15) is 0 Å². The van der Waals surface area contributed by atoms with Crippen molar-refractivity contribution in [3.8, 4) is 0 Å². The Hall–Kier alpha value is -1.42. The van der Waals surface area contributed by atoms with Gasteiger partial charge in [-0.3, -0.25) is 4.79 Å². The first-order chi connectivity index (χ1) is 6.56. The summed E-state index contributed by atoms with van der Waals surface area (Å²) in [7, 11) is 1.48. The minimum absolute atomic E-state index is 0.295. The molecule has 14 heavy (non-hydrogen) atoms. The van der Waals surface area contributed by atoms with Gasteiger partial charge >= 0.3 is 0 Å². The maximum atomic E-state index is 12.8. The van der Waals surface area contributed by atoms with Gasteiger partial charge in [0.05, 0.1) is 6.10 Å². The van der Waals surface area contributed by atoms with Gasteiger partial charge in [-0.25, -0.2) is 4.39 Å². The number of halogens is 1. The third-order valence-corrected chi connectivity index (χ3v) is 1.94. The number of amides is 1. The van der Waals surface area contributed by atoms with Crippen LogP contribution in [0.15, 0.2) is 18.2 Å². The monoisotopic (exact) mass is 197 g/mol. The summed E-state index contributed by atoms with van der Waals surface area (Å²) in [5.74, 6) is -0.797. The maximum absolute atomic E-state index is 12.8. The highest BCUT2D eigenvalue weighted by molar-refractivity contribution is 5.95. The molecule has 0 radical (unpaired) electrons. The van der Waals surface area contributed by atoms with Crippen molar-refractivity contribution in [2.45, 2.75) is 13.0 Å². The Morgan fingerprint density at radius 1 is 1.57 bits per heavy atom. The molecule has 0 saturated carbocycles. The van der Waals surface area contributed by atoms with Crippen molar-refractivity contribution in [2.24, 2.45) is 0 Å². The van der Waals surface area contributed by atoms with E-state index < -0.39 is 11.9 Å². The van der Waals surface area contributed by atoms with E-state index >= 15 is 0 Å². The van der Waals surface area contributed by atoms with Gasteiger partial charge in [-0.1, -0.05) is 0 Å². The number of carbonyl (C=O) groups is 1. The first-order valence-electron chi connectivity index (χ1n) is 4.26. The van der Waals surface area contributed by atoms with Crippen LogP contribution in [-0.4, -0.2) is 18.1 Å². The second-order valence-electron chi connectivity index (χ2n) is 2.99. The third-order valence-electron chi connectivity index (χ3n) is 1.94. The van der Waals surface area contributed by atoms with E-state index in [0.717, 1.165) is 6.07 Å². The van der Waals surface area contributed by atoms with E-state index in [9.17, 15) is 14.3 Å². The molecular weight excluding hydrogens is 185 g/mol. The van der Waals surface area contributed by atoms with E-state index in [1.165, 1.54) is 26.1 Å². The fourth-order valence-electron chi connectivity index (χ4n) is 1.22. The Morgan fingerprint density at radius 3 is 2.71 bits per heavy atom. The summed E-state index contributed by atoms with van der Waals surface area (Å²) >= 11 is 0. The van der Waals surface area contributed by atoms with Gasteiger partial charge in [-0.15, -0.1) is 0 Å². The zero-order valence-electron chi connectivity index (χ0n) is 8.04. The Morgan fingerprint density at radius 2 is 2.21 bits per heavy atom. The molecule has 0 aliphatic rings. The van der Waals surface area contributed by atoms with Crippen molar-refractivity contribution >= 4 is 5.91 Å². The Balaban J connectivity index is 3.21. The van der Waals surface area contributed by atoms with Gasteiger partial charge in [-0.05, 0) is 30.7 Å². The number of hydrogen-bond donors (Lipinski definition) is 2. The molecule has 1 aromatic rings. The Bertz CT molecular complexity index is 350. The van der Waals surface area contributed by atoms with Crippen molar-refractivity contribution in [2.75, 3.05) is 7.05 Å². The number of benzene rings is 1. The zero-order chi connectivity index (χ0) is 10.7. The quantitative estimate of drug-likeness (QED) is 0.749. The van der Waals surface area contributed by atoms with Crippen molar-refractivity contribution in [1.29, 1.82) is 0 Å². The van der Waals surface area contributed by atoms with Crippen molar-refractivity contribution in [3.05, 3.63) is 35.1 Å². The molecule has 1 amide bonds. The summed E-state index contributed by atoms with van der Waals surface area (Å²) in [5, 5.41) is 11.8. The van der Waals surface area contributed by atoms with Crippen LogP contribution >= 0.6 is 0 Å². The average molecular weight is 197 g/mol. The summed E-state index contributed by atoms with van der Waals surface area (Å²) in [5.41, 5.74) is 0.591. The second-order valence-corrected chi connectivity index (χ2v) is 2.99. The highest BCUT2D eigenvalue weighted by atomic mass is 19.1. The van der Waals surface area contributed by atoms with Gasteiger partial charge < -0.3 is 10.4 Å². The molecule has 0 spiro atoms. The average Bonchev–Trinajstić information content (AvgIpc) is 2.16. The molecule has 2 N–H and O–H groups in total. The molecule has 0 aliphatic carbocycles. The molecule has 1 aromatic carbocycles.